The molecule has 0 saturated carbocycles. The van der Waals surface area contributed by atoms with Crippen LogP contribution in [0.15, 0.2) is 49.6 Å². The molecule has 1 unspecified atom stereocenters. The molecule has 1 aromatic carbocycles. The number of nitrogens with one attached hydrogen (secondary N) is 1. The van der Waals surface area contributed by atoms with E-state index >= 15 is 0 Å². The SMILES string of the molecule is C=CCC1(CC=C)CCCCN1C(=O)CC1C(=O)NCCN1Cc1ccccc1F. The maximum atomic E-state index is 14.2. The number of nitrogens with zero attached hydrogens (tertiary/aromatic N) is 2. The molecule has 3 rings (SSSR count). The molecule has 2 aliphatic rings. The van der Waals surface area contributed by atoms with Crippen molar-refractivity contribution in [3.8, 4) is 0 Å². The second kappa shape index (κ2) is 10.0. The Kier molecular flexibility index (Phi) is 7.43. The Hall–Kier alpha value is -2.47. The van der Waals surface area contributed by atoms with Crippen molar-refractivity contribution >= 4 is 11.8 Å². The van der Waals surface area contributed by atoms with E-state index in [2.05, 4.69) is 18.5 Å². The summed E-state index contributed by atoms with van der Waals surface area (Å²) < 4.78 is 14.2. The number of halogens is 1. The molecule has 2 saturated heterocycles. The molecule has 30 heavy (non-hydrogen) atoms. The van der Waals surface area contributed by atoms with E-state index in [0.29, 0.717) is 44.6 Å². The van der Waals surface area contributed by atoms with Gasteiger partial charge in [-0.05, 0) is 38.2 Å². The fraction of sp³-hybridized carbons (Fsp3) is 0.500. The summed E-state index contributed by atoms with van der Waals surface area (Å²) in [5.41, 5.74) is 0.232. The highest BCUT2D eigenvalue weighted by atomic mass is 19.1. The van der Waals surface area contributed by atoms with Gasteiger partial charge in [-0.1, -0.05) is 30.4 Å². The van der Waals surface area contributed by atoms with E-state index in [1.54, 1.807) is 18.2 Å². The Morgan fingerprint density at radius 3 is 2.63 bits per heavy atom. The molecule has 0 aromatic heterocycles. The quantitative estimate of drug-likeness (QED) is 0.665. The third kappa shape index (κ3) is 4.81. The predicted octanol–water partition coefficient (Wildman–Crippen LogP) is 3.42. The van der Waals surface area contributed by atoms with Crippen LogP contribution in [0.2, 0.25) is 0 Å². The van der Waals surface area contributed by atoms with E-state index in [4.69, 9.17) is 0 Å². The lowest BCUT2D eigenvalue weighted by Crippen LogP contribution is -2.59. The molecule has 1 aromatic rings. The summed E-state index contributed by atoms with van der Waals surface area (Å²) in [6.45, 7) is 9.86. The van der Waals surface area contributed by atoms with Gasteiger partial charge in [0.05, 0.1) is 12.5 Å². The van der Waals surface area contributed by atoms with E-state index in [9.17, 15) is 14.0 Å². The minimum absolute atomic E-state index is 0.0287. The van der Waals surface area contributed by atoms with Crippen molar-refractivity contribution < 1.29 is 14.0 Å². The van der Waals surface area contributed by atoms with Gasteiger partial charge in [-0.2, -0.15) is 0 Å². The molecule has 2 fully saturated rings. The third-order valence-corrected chi connectivity index (χ3v) is 6.34. The van der Waals surface area contributed by atoms with Gasteiger partial charge in [-0.25, -0.2) is 4.39 Å². The zero-order chi connectivity index (χ0) is 21.6. The van der Waals surface area contributed by atoms with Crippen LogP contribution in [-0.2, 0) is 16.1 Å². The number of carbonyl (C=O) groups excluding carboxylic acids is 2. The van der Waals surface area contributed by atoms with Gasteiger partial charge in [-0.3, -0.25) is 14.5 Å². The van der Waals surface area contributed by atoms with Gasteiger partial charge in [0.2, 0.25) is 11.8 Å². The molecular formula is C24H32FN3O2. The Morgan fingerprint density at radius 2 is 1.93 bits per heavy atom. The van der Waals surface area contributed by atoms with Gasteiger partial charge in [0.25, 0.3) is 0 Å². The topological polar surface area (TPSA) is 52.7 Å². The fourth-order valence-electron chi connectivity index (χ4n) is 4.82. The molecule has 1 atom stereocenters. The minimum atomic E-state index is -0.599. The Labute approximate surface area is 178 Å². The smallest absolute Gasteiger partial charge is 0.237 e. The molecule has 0 bridgehead atoms. The van der Waals surface area contributed by atoms with Crippen molar-refractivity contribution in [2.24, 2.45) is 0 Å². The van der Waals surface area contributed by atoms with Crippen LogP contribution in [0.1, 0.15) is 44.1 Å². The first-order valence-corrected chi connectivity index (χ1v) is 10.8. The van der Waals surface area contributed by atoms with Gasteiger partial charge in [0.15, 0.2) is 0 Å². The molecule has 0 spiro atoms. The monoisotopic (exact) mass is 413 g/mol. The van der Waals surface area contributed by atoms with Crippen LogP contribution in [0, 0.1) is 5.82 Å². The van der Waals surface area contributed by atoms with Gasteiger partial charge < -0.3 is 10.2 Å². The fourth-order valence-corrected chi connectivity index (χ4v) is 4.82. The number of piperazine rings is 1. The summed E-state index contributed by atoms with van der Waals surface area (Å²) in [4.78, 5) is 29.9. The van der Waals surface area contributed by atoms with Crippen LogP contribution in [0.5, 0.6) is 0 Å². The van der Waals surface area contributed by atoms with Crippen LogP contribution in [0.4, 0.5) is 4.39 Å². The first kappa shape index (κ1) is 22.2. The second-order valence-electron chi connectivity index (χ2n) is 8.29. The molecule has 0 aliphatic carbocycles. The van der Waals surface area contributed by atoms with Crippen LogP contribution < -0.4 is 5.32 Å². The Bertz CT molecular complexity index is 784. The van der Waals surface area contributed by atoms with Crippen LogP contribution in [-0.4, -0.2) is 52.8 Å². The molecule has 162 valence electrons. The standard InChI is InChI=1S/C24H32FN3O2/c1-3-11-24(12-4-2)13-7-8-15-28(24)22(29)17-21-23(30)26-14-16-27(21)18-19-9-5-6-10-20(19)25/h3-6,9-10,21H,1-2,7-8,11-18H2,(H,26,30). The predicted molar refractivity (Wildman–Crippen MR) is 116 cm³/mol. The molecule has 5 nitrogen and oxygen atoms in total. The first-order chi connectivity index (χ1) is 14.5. The Balaban J connectivity index is 1.79. The summed E-state index contributed by atoms with van der Waals surface area (Å²) in [5.74, 6) is -0.486. The normalized spacial score (nSPS) is 21.7. The van der Waals surface area contributed by atoms with E-state index in [0.717, 1.165) is 19.3 Å². The zero-order valence-corrected chi connectivity index (χ0v) is 17.6. The maximum absolute atomic E-state index is 14.2. The van der Waals surface area contributed by atoms with Crippen molar-refractivity contribution in [2.75, 3.05) is 19.6 Å². The highest BCUT2D eigenvalue weighted by molar-refractivity contribution is 5.89. The number of piperidine rings is 1. The van der Waals surface area contributed by atoms with Crippen LogP contribution >= 0.6 is 0 Å². The average molecular weight is 414 g/mol. The lowest BCUT2D eigenvalue weighted by Gasteiger charge is -2.47. The van der Waals surface area contributed by atoms with E-state index in [1.165, 1.54) is 6.07 Å². The lowest BCUT2D eigenvalue weighted by molar-refractivity contribution is -0.145. The third-order valence-electron chi connectivity index (χ3n) is 6.34. The molecule has 1 N–H and O–H groups in total. The molecule has 6 heteroatoms. The maximum Gasteiger partial charge on any atom is 0.237 e. The minimum Gasteiger partial charge on any atom is -0.353 e. The van der Waals surface area contributed by atoms with Crippen molar-refractivity contribution in [3.63, 3.8) is 0 Å². The zero-order valence-electron chi connectivity index (χ0n) is 17.6. The average Bonchev–Trinajstić information content (AvgIpc) is 2.73. The van der Waals surface area contributed by atoms with Gasteiger partial charge in [0, 0.05) is 37.3 Å². The number of hydrogen-bond donors (Lipinski definition) is 1. The van der Waals surface area contributed by atoms with Crippen molar-refractivity contribution in [3.05, 3.63) is 61.0 Å². The first-order valence-electron chi connectivity index (χ1n) is 10.8. The van der Waals surface area contributed by atoms with E-state index in [-0.39, 0.29) is 29.6 Å². The largest absolute Gasteiger partial charge is 0.353 e. The van der Waals surface area contributed by atoms with E-state index in [1.807, 2.05) is 22.0 Å². The van der Waals surface area contributed by atoms with Gasteiger partial charge in [0.1, 0.15) is 5.82 Å². The summed E-state index contributed by atoms with van der Waals surface area (Å²) in [6.07, 6.45) is 8.18. The number of carbonyl (C=O) groups is 2. The molecule has 0 radical (unpaired) electrons. The van der Waals surface area contributed by atoms with Crippen LogP contribution in [0.3, 0.4) is 0 Å². The summed E-state index contributed by atoms with van der Waals surface area (Å²) in [6, 6.07) is 5.99. The van der Waals surface area contributed by atoms with Crippen molar-refractivity contribution in [1.29, 1.82) is 0 Å². The summed E-state index contributed by atoms with van der Waals surface area (Å²) in [7, 11) is 0. The summed E-state index contributed by atoms with van der Waals surface area (Å²) in [5, 5.41) is 2.86. The number of benzene rings is 1. The lowest BCUT2D eigenvalue weighted by atomic mass is 9.80. The number of amides is 2. The molecule has 2 amide bonds. The van der Waals surface area contributed by atoms with Gasteiger partial charge in [-0.15, -0.1) is 13.2 Å². The second-order valence-corrected chi connectivity index (χ2v) is 8.29. The number of hydrogen-bond acceptors (Lipinski definition) is 3. The molecule has 2 heterocycles. The Morgan fingerprint density at radius 1 is 1.20 bits per heavy atom. The van der Waals surface area contributed by atoms with Crippen LogP contribution in [0.25, 0.3) is 0 Å². The molecular weight excluding hydrogens is 381 g/mol. The highest BCUT2D eigenvalue weighted by Gasteiger charge is 2.41. The molecule has 2 aliphatic heterocycles. The summed E-state index contributed by atoms with van der Waals surface area (Å²) >= 11 is 0. The van der Waals surface area contributed by atoms with Gasteiger partial charge >= 0.3 is 0 Å². The van der Waals surface area contributed by atoms with E-state index < -0.39 is 6.04 Å². The van der Waals surface area contributed by atoms with Crippen molar-refractivity contribution in [2.45, 2.75) is 56.7 Å². The van der Waals surface area contributed by atoms with Crippen molar-refractivity contribution in [1.82, 2.24) is 15.1 Å². The number of likely N-dealkylation sites (tertiary alicyclic amines) is 1. The number of rotatable bonds is 8. The highest BCUT2D eigenvalue weighted by Crippen LogP contribution is 2.36.